The fraction of sp³-hybridized carbons (Fsp3) is 0.600. The van der Waals surface area contributed by atoms with Gasteiger partial charge in [-0.1, -0.05) is 5.16 Å². The number of nitrogens with zero attached hydrogens (tertiary/aromatic N) is 5. The van der Waals surface area contributed by atoms with Crippen LogP contribution < -0.4 is 0 Å². The Morgan fingerprint density at radius 1 is 1.27 bits per heavy atom. The number of piperidine rings is 1. The number of carbonyl (C=O) groups excluding carboxylic acids is 1. The number of likely N-dealkylation sites (tertiary alicyclic amines) is 1. The monoisotopic (exact) mass is 301 g/mol. The van der Waals surface area contributed by atoms with Gasteiger partial charge >= 0.3 is 0 Å². The molecule has 116 valence electrons. The van der Waals surface area contributed by atoms with Crippen molar-refractivity contribution in [2.24, 2.45) is 0 Å². The zero-order chi connectivity index (χ0) is 15.1. The predicted molar refractivity (Wildman–Crippen MR) is 77.5 cm³/mol. The molecule has 0 N–H and O–H groups in total. The van der Waals surface area contributed by atoms with Crippen LogP contribution in [0.5, 0.6) is 0 Å². The molecule has 0 aromatic carbocycles. The minimum absolute atomic E-state index is 0.0400. The first-order valence-electron chi connectivity index (χ1n) is 7.87. The van der Waals surface area contributed by atoms with E-state index in [2.05, 4.69) is 19.9 Å². The fourth-order valence-electron chi connectivity index (χ4n) is 3.44. The van der Waals surface area contributed by atoms with Gasteiger partial charge in [-0.25, -0.2) is 0 Å². The molecule has 1 saturated heterocycles. The quantitative estimate of drug-likeness (QED) is 0.841. The number of carbonyl (C=O) groups is 1. The average molecular weight is 301 g/mol. The van der Waals surface area contributed by atoms with Crippen molar-refractivity contribution in [3.63, 3.8) is 0 Å². The molecule has 0 spiro atoms. The first-order valence-corrected chi connectivity index (χ1v) is 7.87. The lowest BCUT2D eigenvalue weighted by Crippen LogP contribution is -2.38. The van der Waals surface area contributed by atoms with Crippen LogP contribution in [0.15, 0.2) is 10.6 Å². The van der Waals surface area contributed by atoms with Crippen LogP contribution in [0.25, 0.3) is 0 Å². The van der Waals surface area contributed by atoms with E-state index >= 15 is 0 Å². The van der Waals surface area contributed by atoms with Crippen molar-refractivity contribution >= 4 is 5.91 Å². The molecule has 4 rings (SSSR count). The highest BCUT2D eigenvalue weighted by molar-refractivity contribution is 5.92. The third-order valence-electron chi connectivity index (χ3n) is 4.63. The summed E-state index contributed by atoms with van der Waals surface area (Å²) in [5.74, 6) is 3.25. The van der Waals surface area contributed by atoms with Crippen LogP contribution in [0.2, 0.25) is 0 Å². The van der Waals surface area contributed by atoms with Crippen molar-refractivity contribution < 1.29 is 9.32 Å². The van der Waals surface area contributed by atoms with Crippen molar-refractivity contribution in [3.8, 4) is 0 Å². The third-order valence-corrected chi connectivity index (χ3v) is 4.63. The number of amides is 1. The number of rotatable bonds is 2. The topological polar surface area (TPSA) is 77.1 Å². The summed E-state index contributed by atoms with van der Waals surface area (Å²) >= 11 is 0. The van der Waals surface area contributed by atoms with Crippen LogP contribution in [0.4, 0.5) is 0 Å². The molecular formula is C15H19N5O2. The lowest BCUT2D eigenvalue weighted by atomic mass is 9.95. The highest BCUT2D eigenvalue weighted by atomic mass is 16.5. The largest absolute Gasteiger partial charge is 0.361 e. The standard InChI is InChI=1S/C15H19N5O2/c1-10-9-12(18-22-10)15(21)19-7-4-11(5-8-19)14-17-16-13-3-2-6-20(13)14/h9,11H,2-8H2,1H3. The maximum absolute atomic E-state index is 12.4. The average Bonchev–Trinajstić information content (AvgIpc) is 3.23. The number of hydrogen-bond acceptors (Lipinski definition) is 5. The van der Waals surface area contributed by atoms with Crippen molar-refractivity contribution in [3.05, 3.63) is 29.2 Å². The number of aryl methyl sites for hydroxylation is 2. The summed E-state index contributed by atoms with van der Waals surface area (Å²) in [6.07, 6.45) is 4.07. The van der Waals surface area contributed by atoms with Gasteiger partial charge in [0, 0.05) is 38.0 Å². The van der Waals surface area contributed by atoms with Gasteiger partial charge in [0.15, 0.2) is 5.69 Å². The molecule has 4 heterocycles. The maximum Gasteiger partial charge on any atom is 0.276 e. The van der Waals surface area contributed by atoms with Gasteiger partial charge in [-0.2, -0.15) is 0 Å². The van der Waals surface area contributed by atoms with Gasteiger partial charge in [0.2, 0.25) is 0 Å². The lowest BCUT2D eigenvalue weighted by Gasteiger charge is -2.31. The Morgan fingerprint density at radius 2 is 2.09 bits per heavy atom. The molecule has 0 atom stereocenters. The van der Waals surface area contributed by atoms with E-state index in [1.165, 1.54) is 6.42 Å². The van der Waals surface area contributed by atoms with Crippen molar-refractivity contribution in [1.82, 2.24) is 24.8 Å². The van der Waals surface area contributed by atoms with Crippen LogP contribution in [-0.4, -0.2) is 43.8 Å². The summed E-state index contributed by atoms with van der Waals surface area (Å²) in [7, 11) is 0. The Labute approximate surface area is 128 Å². The fourth-order valence-corrected chi connectivity index (χ4v) is 3.44. The van der Waals surface area contributed by atoms with Gasteiger partial charge in [-0.15, -0.1) is 10.2 Å². The molecule has 7 nitrogen and oxygen atoms in total. The molecule has 2 aromatic rings. The smallest absolute Gasteiger partial charge is 0.276 e. The van der Waals surface area contributed by atoms with Crippen molar-refractivity contribution in [1.29, 1.82) is 0 Å². The van der Waals surface area contributed by atoms with Gasteiger partial charge < -0.3 is 14.0 Å². The predicted octanol–water partition coefficient (Wildman–Crippen LogP) is 1.54. The van der Waals surface area contributed by atoms with Gasteiger partial charge in [0.25, 0.3) is 5.91 Å². The molecule has 2 aliphatic heterocycles. The second-order valence-corrected chi connectivity index (χ2v) is 6.12. The van der Waals surface area contributed by atoms with E-state index in [4.69, 9.17) is 4.52 Å². The molecule has 0 aliphatic carbocycles. The Hall–Kier alpha value is -2.18. The van der Waals surface area contributed by atoms with Crippen molar-refractivity contribution in [2.75, 3.05) is 13.1 Å². The van der Waals surface area contributed by atoms with E-state index in [1.54, 1.807) is 13.0 Å². The Kier molecular flexibility index (Phi) is 3.20. The Morgan fingerprint density at radius 3 is 2.82 bits per heavy atom. The van der Waals surface area contributed by atoms with E-state index in [0.717, 1.165) is 50.5 Å². The minimum Gasteiger partial charge on any atom is -0.361 e. The van der Waals surface area contributed by atoms with Crippen LogP contribution in [0.1, 0.15) is 53.1 Å². The van der Waals surface area contributed by atoms with Gasteiger partial charge in [-0.05, 0) is 26.2 Å². The number of aromatic nitrogens is 4. The van der Waals surface area contributed by atoms with E-state index in [-0.39, 0.29) is 5.91 Å². The molecular weight excluding hydrogens is 282 g/mol. The number of hydrogen-bond donors (Lipinski definition) is 0. The van der Waals surface area contributed by atoms with E-state index < -0.39 is 0 Å². The summed E-state index contributed by atoms with van der Waals surface area (Å²) in [6.45, 7) is 4.30. The summed E-state index contributed by atoms with van der Waals surface area (Å²) in [5, 5.41) is 12.5. The van der Waals surface area contributed by atoms with E-state index in [9.17, 15) is 4.79 Å². The van der Waals surface area contributed by atoms with Gasteiger partial charge in [0.05, 0.1) is 0 Å². The SMILES string of the molecule is Cc1cc(C(=O)N2CCC(c3nnc4n3CCC4)CC2)no1. The maximum atomic E-state index is 12.4. The molecule has 0 bridgehead atoms. The second-order valence-electron chi connectivity index (χ2n) is 6.12. The third kappa shape index (κ3) is 2.20. The van der Waals surface area contributed by atoms with E-state index in [1.807, 2.05) is 4.90 Å². The summed E-state index contributed by atoms with van der Waals surface area (Å²) in [4.78, 5) is 14.2. The normalized spacial score (nSPS) is 18.7. The highest BCUT2D eigenvalue weighted by Gasteiger charge is 2.30. The van der Waals surface area contributed by atoms with Gasteiger partial charge in [0.1, 0.15) is 17.4 Å². The zero-order valence-corrected chi connectivity index (χ0v) is 12.7. The molecule has 7 heteroatoms. The zero-order valence-electron chi connectivity index (χ0n) is 12.7. The summed E-state index contributed by atoms with van der Waals surface area (Å²) < 4.78 is 7.25. The van der Waals surface area contributed by atoms with Crippen LogP contribution in [0.3, 0.4) is 0 Å². The number of fused-ring (bicyclic) bond motifs is 1. The molecule has 0 saturated carbocycles. The summed E-state index contributed by atoms with van der Waals surface area (Å²) in [6, 6.07) is 1.69. The molecule has 0 radical (unpaired) electrons. The minimum atomic E-state index is -0.0400. The Bertz CT molecular complexity index is 697. The van der Waals surface area contributed by atoms with Crippen LogP contribution in [-0.2, 0) is 13.0 Å². The first kappa shape index (κ1) is 13.5. The van der Waals surface area contributed by atoms with Crippen LogP contribution >= 0.6 is 0 Å². The molecule has 0 unspecified atom stereocenters. The van der Waals surface area contributed by atoms with Crippen molar-refractivity contribution in [2.45, 2.75) is 45.1 Å². The molecule has 1 amide bonds. The highest BCUT2D eigenvalue weighted by Crippen LogP contribution is 2.29. The molecule has 2 aromatic heterocycles. The first-order chi connectivity index (χ1) is 10.7. The molecule has 2 aliphatic rings. The van der Waals surface area contributed by atoms with E-state index in [0.29, 0.717) is 17.4 Å². The molecule has 22 heavy (non-hydrogen) atoms. The second kappa shape index (κ2) is 5.23. The van der Waals surface area contributed by atoms with Crippen LogP contribution in [0, 0.1) is 6.92 Å². The Balaban J connectivity index is 1.43. The lowest BCUT2D eigenvalue weighted by molar-refractivity contribution is 0.0699. The summed E-state index contributed by atoms with van der Waals surface area (Å²) in [5.41, 5.74) is 0.402. The molecule has 1 fully saturated rings. The van der Waals surface area contributed by atoms with Gasteiger partial charge in [-0.3, -0.25) is 4.79 Å².